The lowest BCUT2D eigenvalue weighted by Gasteiger charge is -2.25. The fourth-order valence-corrected chi connectivity index (χ4v) is 2.35. The lowest BCUT2D eigenvalue weighted by atomic mass is 10.1. The van der Waals surface area contributed by atoms with Gasteiger partial charge in [0.1, 0.15) is 0 Å². The molecule has 1 aromatic rings. The highest BCUT2D eigenvalue weighted by Gasteiger charge is 2.12. The molecule has 1 heterocycles. The molecule has 1 amide bonds. The highest BCUT2D eigenvalue weighted by atomic mass is 79.9. The summed E-state index contributed by atoms with van der Waals surface area (Å²) in [5.41, 5.74) is 3.53. The van der Waals surface area contributed by atoms with Crippen LogP contribution >= 0.6 is 15.9 Å². The summed E-state index contributed by atoms with van der Waals surface area (Å²) in [6, 6.07) is 7.75. The fraction of sp³-hybridized carbons (Fsp3) is 0.429. The third kappa shape index (κ3) is 5.12. The standard InChI is InChI=1S/C14H18BrN3O/c15-13-6-4-12(5-7-13)10-16-17-14(19)11-18-8-2-1-3-9-18/h4-7,10H,1-3,8-9,11H2,(H,17,19)/b16-10+. The molecule has 0 aromatic heterocycles. The number of likely N-dealkylation sites (tertiary alicyclic amines) is 1. The van der Waals surface area contributed by atoms with E-state index < -0.39 is 0 Å². The summed E-state index contributed by atoms with van der Waals surface area (Å²) in [7, 11) is 0. The first-order valence-electron chi connectivity index (χ1n) is 6.54. The number of benzene rings is 1. The maximum Gasteiger partial charge on any atom is 0.254 e. The van der Waals surface area contributed by atoms with Gasteiger partial charge < -0.3 is 0 Å². The molecule has 102 valence electrons. The van der Waals surface area contributed by atoms with Gasteiger partial charge in [-0.05, 0) is 43.6 Å². The van der Waals surface area contributed by atoms with E-state index in [1.807, 2.05) is 24.3 Å². The van der Waals surface area contributed by atoms with Crippen LogP contribution in [0.5, 0.6) is 0 Å². The number of nitrogens with one attached hydrogen (secondary N) is 1. The van der Waals surface area contributed by atoms with Crippen LogP contribution < -0.4 is 5.43 Å². The second kappa shape index (κ2) is 7.40. The summed E-state index contributed by atoms with van der Waals surface area (Å²) < 4.78 is 1.03. The molecule has 0 radical (unpaired) electrons. The van der Waals surface area contributed by atoms with Crippen molar-refractivity contribution in [3.63, 3.8) is 0 Å². The van der Waals surface area contributed by atoms with E-state index in [2.05, 4.69) is 31.4 Å². The molecule has 5 heteroatoms. The van der Waals surface area contributed by atoms with Crippen LogP contribution in [0.4, 0.5) is 0 Å². The molecule has 1 saturated heterocycles. The average Bonchev–Trinajstić information content (AvgIpc) is 2.42. The van der Waals surface area contributed by atoms with E-state index in [0.29, 0.717) is 6.54 Å². The van der Waals surface area contributed by atoms with Crippen LogP contribution in [-0.4, -0.2) is 36.7 Å². The molecule has 0 unspecified atom stereocenters. The zero-order chi connectivity index (χ0) is 13.5. The number of hydrogen-bond acceptors (Lipinski definition) is 3. The molecule has 0 aliphatic carbocycles. The Balaban J connectivity index is 1.74. The molecular weight excluding hydrogens is 306 g/mol. The van der Waals surface area contributed by atoms with Crippen LogP contribution in [0.25, 0.3) is 0 Å². The van der Waals surface area contributed by atoms with Crippen molar-refractivity contribution in [3.05, 3.63) is 34.3 Å². The minimum atomic E-state index is -0.0461. The molecule has 1 fully saturated rings. The van der Waals surface area contributed by atoms with Crippen molar-refractivity contribution in [2.24, 2.45) is 5.10 Å². The predicted molar refractivity (Wildman–Crippen MR) is 80.2 cm³/mol. The second-order valence-corrected chi connectivity index (χ2v) is 5.60. The van der Waals surface area contributed by atoms with Crippen molar-refractivity contribution in [2.45, 2.75) is 19.3 Å². The number of hydrazone groups is 1. The van der Waals surface area contributed by atoms with Gasteiger partial charge in [0.05, 0.1) is 12.8 Å². The predicted octanol–water partition coefficient (Wildman–Crippen LogP) is 2.39. The van der Waals surface area contributed by atoms with Gasteiger partial charge in [0, 0.05) is 4.47 Å². The Morgan fingerprint density at radius 1 is 1.26 bits per heavy atom. The van der Waals surface area contributed by atoms with Crippen molar-refractivity contribution in [2.75, 3.05) is 19.6 Å². The van der Waals surface area contributed by atoms with Crippen molar-refractivity contribution in [3.8, 4) is 0 Å². The number of carbonyl (C=O) groups excluding carboxylic acids is 1. The van der Waals surface area contributed by atoms with Gasteiger partial charge in [-0.25, -0.2) is 5.43 Å². The summed E-state index contributed by atoms with van der Waals surface area (Å²) >= 11 is 3.37. The van der Waals surface area contributed by atoms with Crippen LogP contribution in [0.3, 0.4) is 0 Å². The smallest absolute Gasteiger partial charge is 0.254 e. The van der Waals surface area contributed by atoms with Gasteiger partial charge in [-0.3, -0.25) is 9.69 Å². The molecule has 1 aromatic carbocycles. The number of hydrogen-bond donors (Lipinski definition) is 1. The number of nitrogens with zero attached hydrogens (tertiary/aromatic N) is 2. The van der Waals surface area contributed by atoms with E-state index in [1.165, 1.54) is 19.3 Å². The molecule has 1 aliphatic heterocycles. The van der Waals surface area contributed by atoms with Gasteiger partial charge >= 0.3 is 0 Å². The third-order valence-electron chi connectivity index (χ3n) is 3.09. The van der Waals surface area contributed by atoms with Gasteiger partial charge in [-0.1, -0.05) is 34.5 Å². The number of rotatable bonds is 4. The van der Waals surface area contributed by atoms with Crippen LogP contribution in [-0.2, 0) is 4.79 Å². The minimum absolute atomic E-state index is 0.0461. The Kier molecular flexibility index (Phi) is 5.54. The minimum Gasteiger partial charge on any atom is -0.294 e. The highest BCUT2D eigenvalue weighted by molar-refractivity contribution is 9.10. The van der Waals surface area contributed by atoms with Crippen molar-refractivity contribution in [1.29, 1.82) is 0 Å². The molecule has 4 nitrogen and oxygen atoms in total. The van der Waals surface area contributed by atoms with E-state index in [9.17, 15) is 4.79 Å². The van der Waals surface area contributed by atoms with Crippen LogP contribution in [0.1, 0.15) is 24.8 Å². The summed E-state index contributed by atoms with van der Waals surface area (Å²) in [4.78, 5) is 13.9. The van der Waals surface area contributed by atoms with E-state index in [0.717, 1.165) is 23.1 Å². The van der Waals surface area contributed by atoms with Gasteiger partial charge in [-0.15, -0.1) is 0 Å². The average molecular weight is 324 g/mol. The van der Waals surface area contributed by atoms with Crippen LogP contribution in [0.15, 0.2) is 33.8 Å². The van der Waals surface area contributed by atoms with E-state index in [4.69, 9.17) is 0 Å². The molecule has 0 spiro atoms. The first-order chi connectivity index (χ1) is 9.24. The zero-order valence-electron chi connectivity index (χ0n) is 10.8. The maximum absolute atomic E-state index is 11.7. The summed E-state index contributed by atoms with van der Waals surface area (Å²) in [6.45, 7) is 2.48. The lowest BCUT2D eigenvalue weighted by molar-refractivity contribution is -0.122. The molecular formula is C14H18BrN3O. The van der Waals surface area contributed by atoms with Crippen LogP contribution in [0.2, 0.25) is 0 Å². The Labute approximate surface area is 122 Å². The Morgan fingerprint density at radius 3 is 2.63 bits per heavy atom. The number of amides is 1. The van der Waals surface area contributed by atoms with Crippen LogP contribution in [0, 0.1) is 0 Å². The largest absolute Gasteiger partial charge is 0.294 e. The monoisotopic (exact) mass is 323 g/mol. The molecule has 1 N–H and O–H groups in total. The van der Waals surface area contributed by atoms with E-state index in [1.54, 1.807) is 6.21 Å². The summed E-state index contributed by atoms with van der Waals surface area (Å²) in [5.74, 6) is -0.0461. The summed E-state index contributed by atoms with van der Waals surface area (Å²) in [5, 5.41) is 3.97. The zero-order valence-corrected chi connectivity index (χ0v) is 12.4. The molecule has 0 atom stereocenters. The summed E-state index contributed by atoms with van der Waals surface area (Å²) in [6.07, 6.45) is 5.31. The SMILES string of the molecule is O=C(CN1CCCCC1)N/N=C/c1ccc(Br)cc1. The number of halogens is 1. The third-order valence-corrected chi connectivity index (χ3v) is 3.62. The Hall–Kier alpha value is -1.20. The lowest BCUT2D eigenvalue weighted by Crippen LogP contribution is -2.38. The fourth-order valence-electron chi connectivity index (χ4n) is 2.08. The number of piperidine rings is 1. The van der Waals surface area contributed by atoms with Gasteiger partial charge in [-0.2, -0.15) is 5.10 Å². The molecule has 0 bridgehead atoms. The molecule has 1 aliphatic rings. The molecule has 19 heavy (non-hydrogen) atoms. The first-order valence-corrected chi connectivity index (χ1v) is 7.33. The maximum atomic E-state index is 11.7. The van der Waals surface area contributed by atoms with E-state index >= 15 is 0 Å². The van der Waals surface area contributed by atoms with Gasteiger partial charge in [0.25, 0.3) is 5.91 Å². The second-order valence-electron chi connectivity index (χ2n) is 4.68. The van der Waals surface area contributed by atoms with Crippen molar-refractivity contribution in [1.82, 2.24) is 10.3 Å². The van der Waals surface area contributed by atoms with E-state index in [-0.39, 0.29) is 5.91 Å². The Bertz CT molecular complexity index is 439. The van der Waals surface area contributed by atoms with Gasteiger partial charge in [0.2, 0.25) is 0 Å². The Morgan fingerprint density at radius 2 is 1.95 bits per heavy atom. The highest BCUT2D eigenvalue weighted by Crippen LogP contribution is 2.09. The molecule has 2 rings (SSSR count). The quantitative estimate of drug-likeness (QED) is 0.683. The van der Waals surface area contributed by atoms with Crippen molar-refractivity contribution >= 4 is 28.1 Å². The normalized spacial score (nSPS) is 16.7. The first kappa shape index (κ1) is 14.2. The van der Waals surface area contributed by atoms with Crippen molar-refractivity contribution < 1.29 is 4.79 Å². The molecule has 0 saturated carbocycles. The topological polar surface area (TPSA) is 44.7 Å². The van der Waals surface area contributed by atoms with Gasteiger partial charge in [0.15, 0.2) is 0 Å². The number of carbonyl (C=O) groups is 1.